The first kappa shape index (κ1) is 14.0. The highest BCUT2D eigenvalue weighted by Gasteiger charge is 2.05. The second-order valence-electron chi connectivity index (χ2n) is 3.82. The van der Waals surface area contributed by atoms with Crippen LogP contribution in [0.25, 0.3) is 0 Å². The van der Waals surface area contributed by atoms with E-state index in [1.54, 1.807) is 12.1 Å². The van der Waals surface area contributed by atoms with Crippen LogP contribution in [0.3, 0.4) is 0 Å². The van der Waals surface area contributed by atoms with Gasteiger partial charge in [0.05, 0.1) is 4.92 Å². The third-order valence-corrected chi connectivity index (χ3v) is 3.92. The van der Waals surface area contributed by atoms with E-state index in [0.29, 0.717) is 10.2 Å². The van der Waals surface area contributed by atoms with Crippen molar-refractivity contribution < 1.29 is 9.31 Å². The molecule has 0 heterocycles. The third kappa shape index (κ3) is 4.04. The van der Waals surface area contributed by atoms with Crippen LogP contribution in [-0.2, 0) is 5.75 Å². The van der Waals surface area contributed by atoms with Crippen LogP contribution in [0.15, 0.2) is 51.8 Å². The molecule has 0 bridgehead atoms. The lowest BCUT2D eigenvalue weighted by Crippen LogP contribution is -1.87. The number of hydrogen-bond acceptors (Lipinski definition) is 3. The zero-order valence-corrected chi connectivity index (χ0v) is 12.1. The largest absolute Gasteiger partial charge is 0.269 e. The molecule has 2 rings (SSSR count). The Hall–Kier alpha value is -1.40. The molecule has 0 amide bonds. The molecule has 0 saturated carbocycles. The average molecular weight is 342 g/mol. The molecule has 0 N–H and O–H groups in total. The van der Waals surface area contributed by atoms with E-state index in [-0.39, 0.29) is 11.5 Å². The molecule has 3 nitrogen and oxygen atoms in total. The molecule has 0 atom stereocenters. The predicted octanol–water partition coefficient (Wildman–Crippen LogP) is 4.79. The maximum atomic E-state index is 13.2. The number of halogens is 2. The maximum Gasteiger partial charge on any atom is 0.269 e. The molecule has 0 aliphatic carbocycles. The summed E-state index contributed by atoms with van der Waals surface area (Å²) < 4.78 is 13.9. The molecule has 2 aromatic rings. The molecular formula is C13H9BrFNO2S. The van der Waals surface area contributed by atoms with Gasteiger partial charge in [0.25, 0.3) is 5.69 Å². The molecule has 0 saturated heterocycles. The quantitative estimate of drug-likeness (QED) is 0.456. The Bertz CT molecular complexity index is 584. The van der Waals surface area contributed by atoms with Crippen LogP contribution in [0.1, 0.15) is 5.56 Å². The summed E-state index contributed by atoms with van der Waals surface area (Å²) in [4.78, 5) is 11.0. The van der Waals surface area contributed by atoms with Crippen molar-refractivity contribution in [3.63, 3.8) is 0 Å². The smallest absolute Gasteiger partial charge is 0.258 e. The lowest BCUT2D eigenvalue weighted by atomic mass is 10.2. The molecule has 2 aromatic carbocycles. The number of thioether (sulfide) groups is 1. The SMILES string of the molecule is O=[N+]([O-])c1ccc(SCc2cc(F)cc(Br)c2)cc1. The molecule has 6 heteroatoms. The van der Waals surface area contributed by atoms with E-state index >= 15 is 0 Å². The van der Waals surface area contributed by atoms with Gasteiger partial charge in [-0.05, 0) is 35.9 Å². The number of nitrogens with zero attached hydrogens (tertiary/aromatic N) is 1. The van der Waals surface area contributed by atoms with Gasteiger partial charge in [0.15, 0.2) is 0 Å². The summed E-state index contributed by atoms with van der Waals surface area (Å²) in [6, 6.07) is 11.0. The number of benzene rings is 2. The number of nitro benzene ring substituents is 1. The Labute approximate surface area is 122 Å². The normalized spacial score (nSPS) is 10.4. The van der Waals surface area contributed by atoms with Crippen LogP contribution in [0, 0.1) is 15.9 Å². The van der Waals surface area contributed by atoms with Gasteiger partial charge in [0.2, 0.25) is 0 Å². The van der Waals surface area contributed by atoms with Crippen LogP contribution >= 0.6 is 27.7 Å². The van der Waals surface area contributed by atoms with Crippen molar-refractivity contribution in [2.24, 2.45) is 0 Å². The summed E-state index contributed by atoms with van der Waals surface area (Å²) in [5, 5.41) is 10.5. The van der Waals surface area contributed by atoms with E-state index in [2.05, 4.69) is 15.9 Å². The Morgan fingerprint density at radius 2 is 1.89 bits per heavy atom. The van der Waals surface area contributed by atoms with Crippen LogP contribution < -0.4 is 0 Å². The molecule has 0 fully saturated rings. The Morgan fingerprint density at radius 3 is 2.47 bits per heavy atom. The molecule has 0 aliphatic rings. The van der Waals surface area contributed by atoms with Crippen LogP contribution in [0.2, 0.25) is 0 Å². The first-order valence-electron chi connectivity index (χ1n) is 5.37. The molecule has 0 spiro atoms. The van der Waals surface area contributed by atoms with E-state index in [0.717, 1.165) is 10.5 Å². The van der Waals surface area contributed by atoms with E-state index in [4.69, 9.17) is 0 Å². The molecule has 98 valence electrons. The maximum absolute atomic E-state index is 13.2. The minimum absolute atomic E-state index is 0.0675. The number of non-ortho nitro benzene ring substituents is 1. The van der Waals surface area contributed by atoms with E-state index in [9.17, 15) is 14.5 Å². The number of hydrogen-bond donors (Lipinski definition) is 0. The summed E-state index contributed by atoms with van der Waals surface area (Å²) in [6.07, 6.45) is 0. The minimum Gasteiger partial charge on any atom is -0.258 e. The van der Waals surface area contributed by atoms with Gasteiger partial charge in [-0.2, -0.15) is 0 Å². The van der Waals surface area contributed by atoms with Gasteiger partial charge < -0.3 is 0 Å². The third-order valence-electron chi connectivity index (χ3n) is 2.38. The molecule has 0 unspecified atom stereocenters. The Morgan fingerprint density at radius 1 is 1.21 bits per heavy atom. The second-order valence-corrected chi connectivity index (χ2v) is 5.78. The fourth-order valence-electron chi connectivity index (χ4n) is 1.53. The van der Waals surface area contributed by atoms with Crippen LogP contribution in [0.4, 0.5) is 10.1 Å². The van der Waals surface area contributed by atoms with Crippen molar-refractivity contribution in [3.05, 3.63) is 68.4 Å². The zero-order chi connectivity index (χ0) is 13.8. The molecule has 19 heavy (non-hydrogen) atoms. The molecule has 0 aromatic heterocycles. The standard InChI is InChI=1S/C13H9BrFNO2S/c14-10-5-9(6-11(15)7-10)8-19-13-3-1-12(2-4-13)16(17)18/h1-7H,8H2. The summed E-state index contributed by atoms with van der Waals surface area (Å²) in [6.45, 7) is 0. The van der Waals surface area contributed by atoms with E-state index in [1.165, 1.54) is 36.0 Å². The first-order valence-corrected chi connectivity index (χ1v) is 7.15. The predicted molar refractivity (Wildman–Crippen MR) is 76.8 cm³/mol. The summed E-state index contributed by atoms with van der Waals surface area (Å²) in [5.41, 5.74) is 0.924. The Balaban J connectivity index is 2.03. The highest BCUT2D eigenvalue weighted by Crippen LogP contribution is 2.26. The van der Waals surface area contributed by atoms with E-state index in [1.807, 2.05) is 6.07 Å². The number of rotatable bonds is 4. The minimum atomic E-state index is -0.432. The highest BCUT2D eigenvalue weighted by atomic mass is 79.9. The van der Waals surface area contributed by atoms with Crippen molar-refractivity contribution >= 4 is 33.4 Å². The monoisotopic (exact) mass is 341 g/mol. The van der Waals surface area contributed by atoms with Gasteiger partial charge in [-0.3, -0.25) is 10.1 Å². The van der Waals surface area contributed by atoms with E-state index < -0.39 is 4.92 Å². The van der Waals surface area contributed by atoms with Crippen molar-refractivity contribution in [2.75, 3.05) is 0 Å². The zero-order valence-electron chi connectivity index (χ0n) is 9.68. The summed E-state index contributed by atoms with van der Waals surface area (Å²) >= 11 is 4.74. The van der Waals surface area contributed by atoms with Gasteiger partial charge in [0, 0.05) is 27.3 Å². The van der Waals surface area contributed by atoms with Gasteiger partial charge in [-0.1, -0.05) is 15.9 Å². The fourth-order valence-corrected chi connectivity index (χ4v) is 2.87. The van der Waals surface area contributed by atoms with Crippen molar-refractivity contribution in [3.8, 4) is 0 Å². The van der Waals surface area contributed by atoms with Gasteiger partial charge in [-0.25, -0.2) is 4.39 Å². The molecule has 0 aliphatic heterocycles. The first-order chi connectivity index (χ1) is 9.04. The summed E-state index contributed by atoms with van der Waals surface area (Å²) in [5.74, 6) is 0.322. The van der Waals surface area contributed by atoms with Gasteiger partial charge in [0.1, 0.15) is 5.82 Å². The van der Waals surface area contributed by atoms with Crippen LogP contribution in [-0.4, -0.2) is 4.92 Å². The van der Waals surface area contributed by atoms with Gasteiger partial charge >= 0.3 is 0 Å². The lowest BCUT2D eigenvalue weighted by Gasteiger charge is -2.03. The fraction of sp³-hybridized carbons (Fsp3) is 0.0769. The summed E-state index contributed by atoms with van der Waals surface area (Å²) in [7, 11) is 0. The number of nitro groups is 1. The lowest BCUT2D eigenvalue weighted by molar-refractivity contribution is -0.384. The van der Waals surface area contributed by atoms with Crippen molar-refractivity contribution in [2.45, 2.75) is 10.6 Å². The van der Waals surface area contributed by atoms with Crippen LogP contribution in [0.5, 0.6) is 0 Å². The van der Waals surface area contributed by atoms with Crippen molar-refractivity contribution in [1.82, 2.24) is 0 Å². The van der Waals surface area contributed by atoms with Crippen molar-refractivity contribution in [1.29, 1.82) is 0 Å². The molecule has 0 radical (unpaired) electrons. The second kappa shape index (κ2) is 6.16. The average Bonchev–Trinajstić information content (AvgIpc) is 2.36. The highest BCUT2D eigenvalue weighted by molar-refractivity contribution is 9.10. The Kier molecular flexibility index (Phi) is 4.55. The topological polar surface area (TPSA) is 43.1 Å². The van der Waals surface area contributed by atoms with Gasteiger partial charge in [-0.15, -0.1) is 11.8 Å². The molecular weight excluding hydrogens is 333 g/mol.